The molecule has 12 heavy (non-hydrogen) atoms. The molecular weight excluding hydrogens is 170 g/mol. The molecule has 0 aromatic heterocycles. The van der Waals surface area contributed by atoms with Gasteiger partial charge in [0.05, 0.1) is 0 Å². The van der Waals surface area contributed by atoms with E-state index in [-0.39, 0.29) is 0 Å². The predicted molar refractivity (Wildman–Crippen MR) is 54.7 cm³/mol. The first-order valence-electron chi connectivity index (χ1n) is 4.76. The lowest BCUT2D eigenvalue weighted by Crippen LogP contribution is -2.35. The minimum absolute atomic E-state index is 0.812. The van der Waals surface area contributed by atoms with Crippen molar-refractivity contribution in [3.8, 4) is 0 Å². The Morgan fingerprint density at radius 1 is 1.58 bits per heavy atom. The van der Waals surface area contributed by atoms with Crippen LogP contribution in [0.25, 0.3) is 0 Å². The van der Waals surface area contributed by atoms with Gasteiger partial charge in [-0.2, -0.15) is 0 Å². The molecule has 1 aliphatic rings. The summed E-state index contributed by atoms with van der Waals surface area (Å²) < 4.78 is 0. The molecule has 2 heteroatoms. The van der Waals surface area contributed by atoms with Crippen molar-refractivity contribution < 1.29 is 0 Å². The molecule has 0 spiro atoms. The standard InChI is InChI=1S/C10H18ClN/c1-2-7-12-8-3-4-10(9-12)5-6-11/h2,10H,1,3-9H2. The van der Waals surface area contributed by atoms with Crippen molar-refractivity contribution in [2.75, 3.05) is 25.5 Å². The lowest BCUT2D eigenvalue weighted by molar-refractivity contribution is 0.188. The van der Waals surface area contributed by atoms with E-state index in [4.69, 9.17) is 11.6 Å². The van der Waals surface area contributed by atoms with Crippen molar-refractivity contribution >= 4 is 11.6 Å². The van der Waals surface area contributed by atoms with Gasteiger partial charge in [0.1, 0.15) is 0 Å². The van der Waals surface area contributed by atoms with Gasteiger partial charge in [0.15, 0.2) is 0 Å². The van der Waals surface area contributed by atoms with Crippen molar-refractivity contribution in [1.82, 2.24) is 4.90 Å². The van der Waals surface area contributed by atoms with Crippen LogP contribution < -0.4 is 0 Å². The number of likely N-dealkylation sites (tertiary alicyclic amines) is 1. The average molecular weight is 188 g/mol. The quantitative estimate of drug-likeness (QED) is 0.483. The molecule has 0 aliphatic carbocycles. The van der Waals surface area contributed by atoms with E-state index in [2.05, 4.69) is 11.5 Å². The monoisotopic (exact) mass is 187 g/mol. The minimum Gasteiger partial charge on any atom is -0.299 e. The Bertz CT molecular complexity index is 134. The Hall–Kier alpha value is -0.0100. The molecule has 0 N–H and O–H groups in total. The maximum atomic E-state index is 5.72. The maximum Gasteiger partial charge on any atom is 0.0226 e. The molecule has 1 rings (SSSR count). The van der Waals surface area contributed by atoms with Gasteiger partial charge in [-0.25, -0.2) is 0 Å². The van der Waals surface area contributed by atoms with E-state index in [1.807, 2.05) is 6.08 Å². The summed E-state index contributed by atoms with van der Waals surface area (Å²) in [4.78, 5) is 2.47. The van der Waals surface area contributed by atoms with Gasteiger partial charge in [-0.1, -0.05) is 6.08 Å². The number of halogens is 1. The van der Waals surface area contributed by atoms with Crippen molar-refractivity contribution in [2.45, 2.75) is 19.3 Å². The molecule has 1 nitrogen and oxygen atoms in total. The van der Waals surface area contributed by atoms with Crippen molar-refractivity contribution in [3.63, 3.8) is 0 Å². The van der Waals surface area contributed by atoms with Crippen LogP contribution >= 0.6 is 11.6 Å². The van der Waals surface area contributed by atoms with Gasteiger partial charge in [0, 0.05) is 19.0 Å². The van der Waals surface area contributed by atoms with E-state index in [1.54, 1.807) is 0 Å². The number of hydrogen-bond acceptors (Lipinski definition) is 1. The highest BCUT2D eigenvalue weighted by Crippen LogP contribution is 2.19. The van der Waals surface area contributed by atoms with Crippen LogP contribution in [-0.2, 0) is 0 Å². The highest BCUT2D eigenvalue weighted by molar-refractivity contribution is 6.17. The summed E-state index contributed by atoms with van der Waals surface area (Å²) >= 11 is 5.72. The summed E-state index contributed by atoms with van der Waals surface area (Å²) in [6, 6.07) is 0. The SMILES string of the molecule is C=CCN1CCCC(CCCl)C1. The Labute approximate surface area is 80.4 Å². The van der Waals surface area contributed by atoms with E-state index in [0.717, 1.165) is 18.3 Å². The Balaban J connectivity index is 2.24. The van der Waals surface area contributed by atoms with E-state index < -0.39 is 0 Å². The predicted octanol–water partition coefficient (Wildman–Crippen LogP) is 2.51. The summed E-state index contributed by atoms with van der Waals surface area (Å²) in [7, 11) is 0. The van der Waals surface area contributed by atoms with Gasteiger partial charge in [0.2, 0.25) is 0 Å². The molecule has 1 aliphatic heterocycles. The first-order chi connectivity index (χ1) is 5.86. The Kier molecular flexibility index (Phi) is 4.70. The third-order valence-corrected chi connectivity index (χ3v) is 2.73. The fourth-order valence-corrected chi connectivity index (χ4v) is 2.20. The third-order valence-electron chi connectivity index (χ3n) is 2.51. The molecule has 0 amide bonds. The van der Waals surface area contributed by atoms with Gasteiger partial charge >= 0.3 is 0 Å². The largest absolute Gasteiger partial charge is 0.299 e. The zero-order chi connectivity index (χ0) is 8.81. The first-order valence-corrected chi connectivity index (χ1v) is 5.29. The first kappa shape index (κ1) is 10.1. The topological polar surface area (TPSA) is 3.24 Å². The van der Waals surface area contributed by atoms with Crippen LogP contribution in [0.4, 0.5) is 0 Å². The van der Waals surface area contributed by atoms with Crippen LogP contribution in [-0.4, -0.2) is 30.4 Å². The second-order valence-corrected chi connectivity index (χ2v) is 3.91. The third kappa shape index (κ3) is 3.16. The fourth-order valence-electron chi connectivity index (χ4n) is 1.89. The van der Waals surface area contributed by atoms with Gasteiger partial charge in [-0.05, 0) is 31.7 Å². The van der Waals surface area contributed by atoms with Crippen molar-refractivity contribution in [1.29, 1.82) is 0 Å². The average Bonchev–Trinajstić information content (AvgIpc) is 2.06. The normalized spacial score (nSPS) is 25.6. The second-order valence-electron chi connectivity index (χ2n) is 3.53. The Morgan fingerprint density at radius 3 is 3.08 bits per heavy atom. The number of nitrogens with zero attached hydrogens (tertiary/aromatic N) is 1. The highest BCUT2D eigenvalue weighted by atomic mass is 35.5. The van der Waals surface area contributed by atoms with Crippen molar-refractivity contribution in [3.05, 3.63) is 12.7 Å². The number of piperidine rings is 1. The highest BCUT2D eigenvalue weighted by Gasteiger charge is 2.17. The minimum atomic E-state index is 0.812. The molecule has 0 radical (unpaired) electrons. The van der Waals surface area contributed by atoms with Crippen LogP contribution in [0, 0.1) is 5.92 Å². The van der Waals surface area contributed by atoms with E-state index >= 15 is 0 Å². The van der Waals surface area contributed by atoms with Gasteiger partial charge < -0.3 is 0 Å². The molecule has 1 heterocycles. The van der Waals surface area contributed by atoms with Crippen LogP contribution in [0.2, 0.25) is 0 Å². The molecular formula is C10H18ClN. The van der Waals surface area contributed by atoms with Crippen LogP contribution in [0.5, 0.6) is 0 Å². The molecule has 70 valence electrons. The molecule has 1 fully saturated rings. The summed E-state index contributed by atoms with van der Waals surface area (Å²) in [5, 5.41) is 0. The van der Waals surface area contributed by atoms with E-state index in [0.29, 0.717) is 0 Å². The zero-order valence-electron chi connectivity index (χ0n) is 7.64. The summed E-state index contributed by atoms with van der Waals surface area (Å²) in [6.45, 7) is 7.26. The second kappa shape index (κ2) is 5.60. The number of alkyl halides is 1. The lowest BCUT2D eigenvalue weighted by atomic mass is 9.96. The Morgan fingerprint density at radius 2 is 2.42 bits per heavy atom. The number of hydrogen-bond donors (Lipinski definition) is 0. The fraction of sp³-hybridized carbons (Fsp3) is 0.800. The van der Waals surface area contributed by atoms with Gasteiger partial charge in [-0.3, -0.25) is 4.90 Å². The summed E-state index contributed by atoms with van der Waals surface area (Å²) in [5.41, 5.74) is 0. The van der Waals surface area contributed by atoms with Crippen molar-refractivity contribution in [2.24, 2.45) is 5.92 Å². The lowest BCUT2D eigenvalue weighted by Gasteiger charge is -2.31. The van der Waals surface area contributed by atoms with Crippen LogP contribution in [0.1, 0.15) is 19.3 Å². The molecule has 0 aromatic carbocycles. The number of rotatable bonds is 4. The van der Waals surface area contributed by atoms with E-state index in [1.165, 1.54) is 32.4 Å². The van der Waals surface area contributed by atoms with Gasteiger partial charge in [-0.15, -0.1) is 18.2 Å². The zero-order valence-corrected chi connectivity index (χ0v) is 8.39. The molecule has 0 aromatic rings. The molecule has 0 bridgehead atoms. The van der Waals surface area contributed by atoms with E-state index in [9.17, 15) is 0 Å². The molecule has 1 saturated heterocycles. The summed E-state index contributed by atoms with van der Waals surface area (Å²) in [5.74, 6) is 1.64. The van der Waals surface area contributed by atoms with Crippen LogP contribution in [0.3, 0.4) is 0 Å². The summed E-state index contributed by atoms with van der Waals surface area (Å²) in [6.07, 6.45) is 5.86. The maximum absolute atomic E-state index is 5.72. The molecule has 0 saturated carbocycles. The smallest absolute Gasteiger partial charge is 0.0226 e. The van der Waals surface area contributed by atoms with Crippen LogP contribution in [0.15, 0.2) is 12.7 Å². The van der Waals surface area contributed by atoms with Gasteiger partial charge in [0.25, 0.3) is 0 Å². The molecule has 1 atom stereocenters. The molecule has 1 unspecified atom stereocenters.